The van der Waals surface area contributed by atoms with E-state index < -0.39 is 0 Å². The van der Waals surface area contributed by atoms with Crippen molar-refractivity contribution >= 4 is 34.2 Å². The minimum absolute atomic E-state index is 0.0547. The van der Waals surface area contributed by atoms with Gasteiger partial charge >= 0.3 is 6.01 Å². The minimum atomic E-state index is -0.335. The van der Waals surface area contributed by atoms with Gasteiger partial charge in [-0.15, -0.1) is 16.4 Å². The summed E-state index contributed by atoms with van der Waals surface area (Å²) < 4.78 is 5.53. The van der Waals surface area contributed by atoms with Crippen molar-refractivity contribution in [2.45, 2.75) is 13.8 Å². The van der Waals surface area contributed by atoms with E-state index in [1.54, 1.807) is 6.07 Å². The van der Waals surface area contributed by atoms with Crippen LogP contribution >= 0.6 is 11.3 Å². The second-order valence-corrected chi connectivity index (χ2v) is 6.49. The highest BCUT2D eigenvalue weighted by Gasteiger charge is 2.17. The van der Waals surface area contributed by atoms with E-state index in [0.29, 0.717) is 11.6 Å². The second kappa shape index (κ2) is 5.57. The van der Waals surface area contributed by atoms with Gasteiger partial charge in [0.25, 0.3) is 11.8 Å². The van der Waals surface area contributed by atoms with E-state index in [2.05, 4.69) is 25.5 Å². The summed E-state index contributed by atoms with van der Waals surface area (Å²) in [6.45, 7) is 3.79. The summed E-state index contributed by atoms with van der Waals surface area (Å²) in [4.78, 5) is 20.5. The van der Waals surface area contributed by atoms with Crippen LogP contribution in [0.3, 0.4) is 0 Å². The second-order valence-electron chi connectivity index (χ2n) is 5.28. The number of aromatic nitrogens is 4. The highest BCUT2D eigenvalue weighted by Crippen LogP contribution is 2.29. The highest BCUT2D eigenvalue weighted by atomic mass is 32.1. The van der Waals surface area contributed by atoms with Crippen molar-refractivity contribution in [3.05, 3.63) is 46.7 Å². The van der Waals surface area contributed by atoms with Crippen LogP contribution in [0.4, 0.5) is 6.01 Å². The Hall–Kier alpha value is -3.00. The summed E-state index contributed by atoms with van der Waals surface area (Å²) in [5.74, 6) is 0.0173. The number of nitrogens with one attached hydrogen (secondary N) is 2. The van der Waals surface area contributed by atoms with Gasteiger partial charge in [-0.2, -0.15) is 0 Å². The maximum atomic E-state index is 12.3. The van der Waals surface area contributed by atoms with E-state index in [-0.39, 0.29) is 11.9 Å². The molecule has 0 radical (unpaired) electrons. The van der Waals surface area contributed by atoms with Crippen LogP contribution in [0.2, 0.25) is 0 Å². The molecule has 0 fully saturated rings. The van der Waals surface area contributed by atoms with Gasteiger partial charge in [0, 0.05) is 10.9 Å². The van der Waals surface area contributed by atoms with Gasteiger partial charge in [-0.1, -0.05) is 23.3 Å². The highest BCUT2D eigenvalue weighted by molar-refractivity contribution is 7.15. The number of aromatic amines is 1. The van der Waals surface area contributed by atoms with Crippen molar-refractivity contribution in [2.24, 2.45) is 0 Å². The molecule has 1 aromatic carbocycles. The van der Waals surface area contributed by atoms with Crippen molar-refractivity contribution in [1.29, 1.82) is 0 Å². The summed E-state index contributed by atoms with van der Waals surface area (Å²) in [7, 11) is 0. The molecule has 0 saturated carbocycles. The number of nitrogens with zero attached hydrogens (tertiary/aromatic N) is 3. The van der Waals surface area contributed by atoms with Gasteiger partial charge in [-0.05, 0) is 26.0 Å². The van der Waals surface area contributed by atoms with Crippen LogP contribution in [0.5, 0.6) is 0 Å². The largest absolute Gasteiger partial charge is 0.402 e. The number of H-pyrrole nitrogens is 1. The van der Waals surface area contributed by atoms with Crippen molar-refractivity contribution in [1.82, 2.24) is 20.2 Å². The molecule has 0 saturated heterocycles. The fourth-order valence-electron chi connectivity index (χ4n) is 2.46. The summed E-state index contributed by atoms with van der Waals surface area (Å²) in [6.07, 6.45) is 0. The van der Waals surface area contributed by atoms with E-state index in [9.17, 15) is 4.79 Å². The average Bonchev–Trinajstić information content (AvgIpc) is 3.25. The van der Waals surface area contributed by atoms with E-state index >= 15 is 0 Å². The fourth-order valence-corrected chi connectivity index (χ4v) is 3.30. The van der Waals surface area contributed by atoms with E-state index in [0.717, 1.165) is 26.5 Å². The lowest BCUT2D eigenvalue weighted by Gasteiger charge is -1.96. The van der Waals surface area contributed by atoms with Crippen LogP contribution in [-0.4, -0.2) is 26.1 Å². The zero-order valence-electron chi connectivity index (χ0n) is 13.0. The lowest BCUT2D eigenvalue weighted by atomic mass is 10.2. The van der Waals surface area contributed by atoms with Gasteiger partial charge in [0.2, 0.25) is 0 Å². The summed E-state index contributed by atoms with van der Waals surface area (Å²) in [6, 6.07) is 9.50. The molecule has 0 unspecified atom stereocenters. The molecule has 0 spiro atoms. The van der Waals surface area contributed by atoms with Gasteiger partial charge < -0.3 is 9.40 Å². The molecule has 4 aromatic rings. The van der Waals surface area contributed by atoms with Crippen molar-refractivity contribution in [3.8, 4) is 10.8 Å². The average molecular weight is 339 g/mol. The molecule has 0 atom stereocenters. The van der Waals surface area contributed by atoms with Gasteiger partial charge in [-0.3, -0.25) is 10.1 Å². The quantitative estimate of drug-likeness (QED) is 0.595. The minimum Gasteiger partial charge on any atom is -0.402 e. The maximum Gasteiger partial charge on any atom is 0.322 e. The number of amides is 1. The zero-order valence-corrected chi connectivity index (χ0v) is 13.8. The number of carbonyl (C=O) groups excluding carboxylic acids is 1. The number of para-hydroxylation sites is 1. The molecule has 0 aliphatic rings. The monoisotopic (exact) mass is 339 g/mol. The number of carbonyl (C=O) groups is 1. The van der Waals surface area contributed by atoms with E-state index in [1.807, 2.05) is 38.1 Å². The predicted molar refractivity (Wildman–Crippen MR) is 91.1 cm³/mol. The number of rotatable bonds is 3. The van der Waals surface area contributed by atoms with Gasteiger partial charge in [0.05, 0.1) is 10.7 Å². The molecule has 0 aliphatic carbocycles. The van der Waals surface area contributed by atoms with Crippen LogP contribution in [0.15, 0.2) is 34.7 Å². The Labute approximate surface area is 140 Å². The number of hydrogen-bond donors (Lipinski definition) is 2. The Morgan fingerprint density at radius 2 is 2.08 bits per heavy atom. The van der Waals surface area contributed by atoms with Crippen LogP contribution < -0.4 is 5.32 Å². The first-order valence-electron chi connectivity index (χ1n) is 7.27. The fraction of sp³-hybridized carbons (Fsp3) is 0.125. The maximum absolute atomic E-state index is 12.3. The van der Waals surface area contributed by atoms with Gasteiger partial charge in [0.15, 0.2) is 0 Å². The lowest BCUT2D eigenvalue weighted by Crippen LogP contribution is -2.12. The number of anilines is 1. The number of fused-ring (bicyclic) bond motifs is 1. The molecule has 120 valence electrons. The topological polar surface area (TPSA) is 96.7 Å². The smallest absolute Gasteiger partial charge is 0.322 e. The van der Waals surface area contributed by atoms with Gasteiger partial charge in [-0.25, -0.2) is 4.98 Å². The Morgan fingerprint density at radius 1 is 1.25 bits per heavy atom. The molecule has 4 rings (SSSR count). The number of benzene rings is 1. The molecule has 24 heavy (non-hydrogen) atoms. The number of aryl methyl sites for hydroxylation is 2. The van der Waals surface area contributed by atoms with E-state index in [1.165, 1.54) is 11.3 Å². The van der Waals surface area contributed by atoms with Crippen LogP contribution in [0.1, 0.15) is 21.2 Å². The van der Waals surface area contributed by atoms with Gasteiger partial charge in [0.1, 0.15) is 10.6 Å². The molecule has 2 N–H and O–H groups in total. The van der Waals surface area contributed by atoms with Crippen LogP contribution in [0, 0.1) is 13.8 Å². The third kappa shape index (κ3) is 2.56. The van der Waals surface area contributed by atoms with E-state index in [4.69, 9.17) is 4.42 Å². The first kappa shape index (κ1) is 14.6. The molecule has 7 nitrogen and oxygen atoms in total. The molecule has 0 aliphatic heterocycles. The number of hydrogen-bond acceptors (Lipinski definition) is 6. The first-order valence-corrected chi connectivity index (χ1v) is 8.09. The SMILES string of the molecule is Cc1nc(C)c(-c2nnc(NC(=O)c3cc4ccccc4[nH]3)o2)s1. The summed E-state index contributed by atoms with van der Waals surface area (Å²) in [5, 5.41) is 12.4. The molecule has 1 amide bonds. The van der Waals surface area contributed by atoms with Crippen molar-refractivity contribution < 1.29 is 9.21 Å². The predicted octanol–water partition coefficient (Wildman–Crippen LogP) is 3.54. The molecule has 0 bridgehead atoms. The van der Waals surface area contributed by atoms with Crippen LogP contribution in [0.25, 0.3) is 21.7 Å². The van der Waals surface area contributed by atoms with Crippen molar-refractivity contribution in [2.75, 3.05) is 5.32 Å². The third-order valence-electron chi connectivity index (χ3n) is 3.52. The summed E-state index contributed by atoms with van der Waals surface area (Å²) >= 11 is 1.47. The Morgan fingerprint density at radius 3 is 2.83 bits per heavy atom. The molecule has 8 heteroatoms. The molecular weight excluding hydrogens is 326 g/mol. The third-order valence-corrected chi connectivity index (χ3v) is 4.58. The molecular formula is C16H13N5O2S. The first-order chi connectivity index (χ1) is 11.6. The Kier molecular flexibility index (Phi) is 3.39. The molecule has 3 heterocycles. The van der Waals surface area contributed by atoms with Crippen molar-refractivity contribution in [3.63, 3.8) is 0 Å². The molecule has 3 aromatic heterocycles. The standard InChI is InChI=1S/C16H13N5O2S/c1-8-13(24-9(2)17-8)15-20-21-16(23-15)19-14(22)12-7-10-5-3-4-6-11(10)18-12/h3-7,18H,1-2H3,(H,19,21,22). The zero-order chi connectivity index (χ0) is 16.7. The Bertz CT molecular complexity index is 1010. The normalized spacial score (nSPS) is 11.1. The lowest BCUT2D eigenvalue weighted by molar-refractivity contribution is 0.102. The summed E-state index contributed by atoms with van der Waals surface area (Å²) in [5.41, 5.74) is 2.15. The van der Waals surface area contributed by atoms with Crippen LogP contribution in [-0.2, 0) is 0 Å². The Balaban J connectivity index is 1.57. The number of thiazole rings is 1.